The summed E-state index contributed by atoms with van der Waals surface area (Å²) >= 11 is 0. The molecule has 0 saturated carbocycles. The average Bonchev–Trinajstić information content (AvgIpc) is 3.00. The third-order valence-corrected chi connectivity index (χ3v) is 7.23. The maximum absolute atomic E-state index is 13.9. The van der Waals surface area contributed by atoms with Gasteiger partial charge in [0.1, 0.15) is 11.5 Å². The Kier molecular flexibility index (Phi) is 7.97. The number of amides is 2. The number of ether oxygens (including phenoxy) is 2. The Morgan fingerprint density at radius 3 is 2.05 bits per heavy atom. The Labute approximate surface area is 235 Å². The highest BCUT2D eigenvalue weighted by molar-refractivity contribution is 6.08. The fourth-order valence-corrected chi connectivity index (χ4v) is 5.22. The van der Waals surface area contributed by atoms with Crippen molar-refractivity contribution in [1.29, 1.82) is 0 Å². The number of benzene rings is 4. The van der Waals surface area contributed by atoms with Gasteiger partial charge < -0.3 is 19.3 Å². The highest BCUT2D eigenvalue weighted by atomic mass is 16.5. The molecule has 0 N–H and O–H groups in total. The second-order valence-corrected chi connectivity index (χ2v) is 9.71. The van der Waals surface area contributed by atoms with Gasteiger partial charge in [0.05, 0.1) is 20.3 Å². The lowest BCUT2D eigenvalue weighted by atomic mass is 9.89. The van der Waals surface area contributed by atoms with Gasteiger partial charge in [0.15, 0.2) is 0 Å². The minimum Gasteiger partial charge on any atom is -0.497 e. The molecule has 0 spiro atoms. The van der Waals surface area contributed by atoms with Crippen LogP contribution in [-0.2, 0) is 4.79 Å². The van der Waals surface area contributed by atoms with E-state index < -0.39 is 0 Å². The van der Waals surface area contributed by atoms with E-state index in [9.17, 15) is 9.59 Å². The van der Waals surface area contributed by atoms with Gasteiger partial charge in [-0.15, -0.1) is 0 Å². The number of para-hydroxylation sites is 2. The van der Waals surface area contributed by atoms with Gasteiger partial charge in [0.25, 0.3) is 11.8 Å². The Morgan fingerprint density at radius 1 is 0.800 bits per heavy atom. The van der Waals surface area contributed by atoms with Crippen LogP contribution in [0.25, 0.3) is 6.08 Å². The van der Waals surface area contributed by atoms with Crippen LogP contribution in [-0.4, -0.2) is 32.1 Å². The lowest BCUT2D eigenvalue weighted by Crippen LogP contribution is -2.47. The molecule has 0 aromatic heterocycles. The molecule has 0 unspecified atom stereocenters. The van der Waals surface area contributed by atoms with E-state index >= 15 is 0 Å². The highest BCUT2D eigenvalue weighted by Crippen LogP contribution is 2.43. The van der Waals surface area contributed by atoms with E-state index in [-0.39, 0.29) is 23.9 Å². The summed E-state index contributed by atoms with van der Waals surface area (Å²) in [4.78, 5) is 31.3. The molecule has 1 aliphatic rings. The summed E-state index contributed by atoms with van der Waals surface area (Å²) < 4.78 is 10.5. The van der Waals surface area contributed by atoms with Crippen LogP contribution in [0.2, 0.25) is 0 Å². The summed E-state index contributed by atoms with van der Waals surface area (Å²) in [7, 11) is 3.23. The average molecular weight is 533 g/mol. The number of carbonyl (C=O) groups is 2. The summed E-state index contributed by atoms with van der Waals surface area (Å²) in [5.41, 5.74) is 4.02. The van der Waals surface area contributed by atoms with Gasteiger partial charge in [-0.2, -0.15) is 0 Å². The van der Waals surface area contributed by atoms with Crippen LogP contribution in [0.1, 0.15) is 40.9 Å². The van der Waals surface area contributed by atoms with Gasteiger partial charge in [0, 0.05) is 29.1 Å². The number of hydrogen-bond donors (Lipinski definition) is 0. The quantitative estimate of drug-likeness (QED) is 0.242. The molecule has 0 saturated heterocycles. The number of rotatable bonds is 7. The van der Waals surface area contributed by atoms with Crippen LogP contribution in [0.15, 0.2) is 109 Å². The summed E-state index contributed by atoms with van der Waals surface area (Å²) in [6.45, 7) is 2.03. The maximum Gasteiger partial charge on any atom is 0.258 e. The van der Waals surface area contributed by atoms with Crippen molar-refractivity contribution in [2.45, 2.75) is 25.4 Å². The first-order chi connectivity index (χ1) is 19.5. The van der Waals surface area contributed by atoms with Gasteiger partial charge in [0.2, 0.25) is 0 Å². The third kappa shape index (κ3) is 5.47. The van der Waals surface area contributed by atoms with Gasteiger partial charge in [-0.05, 0) is 85.1 Å². The van der Waals surface area contributed by atoms with Crippen molar-refractivity contribution < 1.29 is 19.1 Å². The van der Waals surface area contributed by atoms with Crippen molar-refractivity contribution in [3.63, 3.8) is 0 Å². The topological polar surface area (TPSA) is 59.1 Å². The SMILES string of the molecule is COc1ccc(/C=C/C(=O)N(c2ccccc2)[C@H]2C[C@H](C)N(C(=O)c3ccc(OC)cc3)c3ccccc32)cc1. The number of carbonyl (C=O) groups excluding carboxylic acids is 2. The van der Waals surface area contributed by atoms with Crippen molar-refractivity contribution in [2.75, 3.05) is 24.0 Å². The largest absolute Gasteiger partial charge is 0.497 e. The van der Waals surface area contributed by atoms with Crippen LogP contribution in [0.4, 0.5) is 11.4 Å². The van der Waals surface area contributed by atoms with Crippen molar-refractivity contribution in [3.05, 3.63) is 126 Å². The molecule has 0 fully saturated rings. The summed E-state index contributed by atoms with van der Waals surface area (Å²) in [5, 5.41) is 0. The first-order valence-corrected chi connectivity index (χ1v) is 13.3. The van der Waals surface area contributed by atoms with Crippen molar-refractivity contribution in [3.8, 4) is 11.5 Å². The molecule has 4 aromatic carbocycles. The molecule has 1 aliphatic heterocycles. The van der Waals surface area contributed by atoms with Gasteiger partial charge in [-0.1, -0.05) is 48.5 Å². The van der Waals surface area contributed by atoms with Crippen molar-refractivity contribution >= 4 is 29.3 Å². The molecule has 6 heteroatoms. The highest BCUT2D eigenvalue weighted by Gasteiger charge is 2.38. The number of nitrogens with zero attached hydrogens (tertiary/aromatic N) is 2. The lowest BCUT2D eigenvalue weighted by molar-refractivity contribution is -0.114. The normalized spacial score (nSPS) is 16.3. The van der Waals surface area contributed by atoms with Gasteiger partial charge in [-0.3, -0.25) is 9.59 Å². The molecule has 5 rings (SSSR count). The molecule has 6 nitrogen and oxygen atoms in total. The van der Waals surface area contributed by atoms with E-state index in [1.807, 2.05) is 102 Å². The Morgan fingerprint density at radius 2 is 1.40 bits per heavy atom. The first-order valence-electron chi connectivity index (χ1n) is 13.3. The zero-order valence-corrected chi connectivity index (χ0v) is 22.9. The smallest absolute Gasteiger partial charge is 0.258 e. The number of fused-ring (bicyclic) bond motifs is 1. The maximum atomic E-state index is 13.9. The summed E-state index contributed by atoms with van der Waals surface area (Å²) in [6.07, 6.45) is 4.00. The molecular weight excluding hydrogens is 500 g/mol. The number of anilines is 2. The van der Waals surface area contributed by atoms with Crippen LogP contribution in [0.5, 0.6) is 11.5 Å². The van der Waals surface area contributed by atoms with Crippen LogP contribution in [0, 0.1) is 0 Å². The summed E-state index contributed by atoms with van der Waals surface area (Å²) in [6, 6.07) is 31.8. The van der Waals surface area contributed by atoms with E-state index in [4.69, 9.17) is 9.47 Å². The lowest BCUT2D eigenvalue weighted by Gasteiger charge is -2.43. The molecule has 0 bridgehead atoms. The van der Waals surface area contributed by atoms with E-state index in [0.29, 0.717) is 17.7 Å². The van der Waals surface area contributed by atoms with Crippen molar-refractivity contribution in [2.24, 2.45) is 0 Å². The molecule has 4 aromatic rings. The minimum absolute atomic E-state index is 0.0851. The van der Waals surface area contributed by atoms with Crippen LogP contribution < -0.4 is 19.3 Å². The van der Waals surface area contributed by atoms with Crippen LogP contribution >= 0.6 is 0 Å². The standard InChI is InChI=1S/C34H32N2O4/c1-24-23-32(30-11-7-8-12-31(30)35(24)34(38)26-16-20-29(40-3)21-17-26)36(27-9-5-4-6-10-27)33(37)22-15-25-13-18-28(39-2)19-14-25/h4-22,24,32H,23H2,1-3H3/b22-15+/t24-,32-/m0/s1. The molecule has 40 heavy (non-hydrogen) atoms. The fourth-order valence-electron chi connectivity index (χ4n) is 5.22. The van der Waals surface area contributed by atoms with E-state index in [0.717, 1.165) is 28.3 Å². The molecule has 0 radical (unpaired) electrons. The number of methoxy groups -OCH3 is 2. The van der Waals surface area contributed by atoms with Gasteiger partial charge in [-0.25, -0.2) is 0 Å². The molecule has 202 valence electrons. The third-order valence-electron chi connectivity index (χ3n) is 7.23. The second kappa shape index (κ2) is 11.9. The first kappa shape index (κ1) is 26.8. The predicted molar refractivity (Wildman–Crippen MR) is 159 cm³/mol. The van der Waals surface area contributed by atoms with E-state index in [1.54, 1.807) is 44.6 Å². The van der Waals surface area contributed by atoms with E-state index in [1.165, 1.54) is 0 Å². The van der Waals surface area contributed by atoms with Crippen LogP contribution in [0.3, 0.4) is 0 Å². The fraction of sp³-hybridized carbons (Fsp3) is 0.176. The van der Waals surface area contributed by atoms with Gasteiger partial charge >= 0.3 is 0 Å². The molecule has 0 aliphatic carbocycles. The monoisotopic (exact) mass is 532 g/mol. The Balaban J connectivity index is 1.51. The molecular formula is C34H32N2O4. The summed E-state index contributed by atoms with van der Waals surface area (Å²) in [5.74, 6) is 1.24. The Bertz CT molecular complexity index is 1500. The van der Waals surface area contributed by atoms with E-state index in [2.05, 4.69) is 0 Å². The zero-order chi connectivity index (χ0) is 28.1. The predicted octanol–water partition coefficient (Wildman–Crippen LogP) is 6.93. The Hall–Kier alpha value is -4.84. The minimum atomic E-state index is -0.262. The number of hydrogen-bond acceptors (Lipinski definition) is 4. The van der Waals surface area contributed by atoms with Crippen molar-refractivity contribution in [1.82, 2.24) is 0 Å². The molecule has 2 atom stereocenters. The molecule has 2 amide bonds. The zero-order valence-electron chi connectivity index (χ0n) is 22.9. The molecule has 1 heterocycles. The second-order valence-electron chi connectivity index (χ2n) is 9.71.